The van der Waals surface area contributed by atoms with E-state index >= 15 is 0 Å². The minimum atomic E-state index is 0.462. The molecule has 0 spiro atoms. The second-order valence-corrected chi connectivity index (χ2v) is 5.82. The Labute approximate surface area is 112 Å². The molecule has 1 atom stereocenters. The highest BCUT2D eigenvalue weighted by molar-refractivity contribution is 7.18. The van der Waals surface area contributed by atoms with Gasteiger partial charge in [-0.25, -0.2) is 9.97 Å². The maximum atomic E-state index is 5.68. The van der Waals surface area contributed by atoms with Gasteiger partial charge in [0.05, 0.1) is 5.39 Å². The van der Waals surface area contributed by atoms with Crippen LogP contribution in [0.5, 0.6) is 0 Å². The lowest BCUT2D eigenvalue weighted by Crippen LogP contribution is -2.28. The molecule has 98 valence electrons. The Balaban J connectivity index is 2.34. The van der Waals surface area contributed by atoms with Crippen LogP contribution < -0.4 is 10.6 Å². The lowest BCUT2D eigenvalue weighted by atomic mass is 10.1. The predicted octanol–water partition coefficient (Wildman–Crippen LogP) is 2.28. The summed E-state index contributed by atoms with van der Waals surface area (Å²) in [6, 6.07) is 2.21. The number of hydrogen-bond acceptors (Lipinski definition) is 5. The Bertz CT molecular complexity index is 523. The van der Waals surface area contributed by atoms with E-state index in [4.69, 9.17) is 5.73 Å². The van der Waals surface area contributed by atoms with E-state index in [1.165, 1.54) is 4.88 Å². The van der Waals surface area contributed by atoms with Gasteiger partial charge < -0.3 is 10.6 Å². The van der Waals surface area contributed by atoms with E-state index in [-0.39, 0.29) is 0 Å². The van der Waals surface area contributed by atoms with Crippen molar-refractivity contribution in [3.05, 3.63) is 17.3 Å². The van der Waals surface area contributed by atoms with Crippen LogP contribution in [-0.2, 0) is 6.42 Å². The van der Waals surface area contributed by atoms with Gasteiger partial charge in [-0.3, -0.25) is 0 Å². The largest absolute Gasteiger partial charge is 0.359 e. The van der Waals surface area contributed by atoms with Crippen molar-refractivity contribution in [2.45, 2.75) is 20.3 Å². The molecule has 2 N–H and O–H groups in total. The molecule has 0 saturated carbocycles. The molecule has 2 aromatic rings. The molecule has 18 heavy (non-hydrogen) atoms. The van der Waals surface area contributed by atoms with Crippen LogP contribution in [0.25, 0.3) is 10.2 Å². The smallest absolute Gasteiger partial charge is 0.140 e. The third-order valence-electron chi connectivity index (χ3n) is 3.06. The molecule has 0 aliphatic heterocycles. The highest BCUT2D eigenvalue weighted by Gasteiger charge is 2.13. The van der Waals surface area contributed by atoms with Crippen molar-refractivity contribution < 1.29 is 0 Å². The highest BCUT2D eigenvalue weighted by Crippen LogP contribution is 2.30. The van der Waals surface area contributed by atoms with Gasteiger partial charge in [0.2, 0.25) is 0 Å². The van der Waals surface area contributed by atoms with Crippen LogP contribution in [-0.4, -0.2) is 30.1 Å². The third kappa shape index (κ3) is 2.62. The number of fused-ring (bicyclic) bond motifs is 1. The van der Waals surface area contributed by atoms with E-state index in [0.717, 1.165) is 29.0 Å². The molecule has 2 rings (SSSR count). The molecular formula is C13H20N4S. The van der Waals surface area contributed by atoms with Crippen LogP contribution in [0.15, 0.2) is 12.4 Å². The second kappa shape index (κ2) is 5.63. The van der Waals surface area contributed by atoms with Crippen LogP contribution in [0.1, 0.15) is 18.7 Å². The minimum absolute atomic E-state index is 0.462. The van der Waals surface area contributed by atoms with Crippen LogP contribution >= 0.6 is 11.3 Å². The highest BCUT2D eigenvalue weighted by atomic mass is 32.1. The number of aryl methyl sites for hydroxylation is 1. The standard InChI is InChI=1S/C13H20N4S/c1-4-10-5-11-12(15-8-16-13(11)18-10)17(3)7-9(2)6-14/h5,8-9H,4,6-7,14H2,1-3H3. The first kappa shape index (κ1) is 13.2. The minimum Gasteiger partial charge on any atom is -0.359 e. The van der Waals surface area contributed by atoms with Gasteiger partial charge in [-0.1, -0.05) is 13.8 Å². The summed E-state index contributed by atoms with van der Waals surface area (Å²) in [5.74, 6) is 1.47. The van der Waals surface area contributed by atoms with Gasteiger partial charge in [0.1, 0.15) is 17.0 Å². The van der Waals surface area contributed by atoms with Crippen molar-refractivity contribution in [3.8, 4) is 0 Å². The van der Waals surface area contributed by atoms with Gasteiger partial charge in [0.25, 0.3) is 0 Å². The topological polar surface area (TPSA) is 55.0 Å². The van der Waals surface area contributed by atoms with Gasteiger partial charge in [-0.05, 0) is 24.9 Å². The van der Waals surface area contributed by atoms with Gasteiger partial charge in [0.15, 0.2) is 0 Å². The number of rotatable bonds is 5. The maximum Gasteiger partial charge on any atom is 0.140 e. The van der Waals surface area contributed by atoms with E-state index in [1.54, 1.807) is 17.7 Å². The number of thiophene rings is 1. The van der Waals surface area contributed by atoms with Crippen LogP contribution in [0.4, 0.5) is 5.82 Å². The number of aromatic nitrogens is 2. The molecule has 4 nitrogen and oxygen atoms in total. The SMILES string of the molecule is CCc1cc2c(N(C)CC(C)CN)ncnc2s1. The molecule has 2 aromatic heterocycles. The van der Waals surface area contributed by atoms with Gasteiger partial charge >= 0.3 is 0 Å². The van der Waals surface area contributed by atoms with Crippen molar-refractivity contribution in [1.29, 1.82) is 0 Å². The van der Waals surface area contributed by atoms with E-state index in [9.17, 15) is 0 Å². The van der Waals surface area contributed by atoms with Crippen molar-refractivity contribution in [2.24, 2.45) is 11.7 Å². The van der Waals surface area contributed by atoms with Crippen LogP contribution in [0.3, 0.4) is 0 Å². The van der Waals surface area contributed by atoms with Crippen LogP contribution in [0, 0.1) is 5.92 Å². The monoisotopic (exact) mass is 264 g/mol. The zero-order valence-corrected chi connectivity index (χ0v) is 12.0. The number of nitrogens with two attached hydrogens (primary N) is 1. The fourth-order valence-electron chi connectivity index (χ4n) is 2.00. The lowest BCUT2D eigenvalue weighted by molar-refractivity contribution is 0.588. The van der Waals surface area contributed by atoms with Crippen molar-refractivity contribution >= 4 is 27.4 Å². The first-order valence-corrected chi connectivity index (χ1v) is 7.12. The summed E-state index contributed by atoms with van der Waals surface area (Å²) >= 11 is 1.75. The predicted molar refractivity (Wildman–Crippen MR) is 78.3 cm³/mol. The van der Waals surface area contributed by atoms with E-state index in [2.05, 4.69) is 41.8 Å². The Kier molecular flexibility index (Phi) is 4.14. The van der Waals surface area contributed by atoms with Gasteiger partial charge in [0, 0.05) is 18.5 Å². The van der Waals surface area contributed by atoms with Gasteiger partial charge in [-0.15, -0.1) is 11.3 Å². The quantitative estimate of drug-likeness (QED) is 0.900. The molecule has 0 saturated heterocycles. The molecule has 0 fully saturated rings. The molecule has 1 unspecified atom stereocenters. The third-order valence-corrected chi connectivity index (χ3v) is 4.24. The molecule has 0 aliphatic carbocycles. The Morgan fingerprint density at radius 2 is 2.22 bits per heavy atom. The summed E-state index contributed by atoms with van der Waals surface area (Å²) in [6.07, 6.45) is 2.70. The maximum absolute atomic E-state index is 5.68. The Hall–Kier alpha value is -1.20. The summed E-state index contributed by atoms with van der Waals surface area (Å²) in [4.78, 5) is 13.4. The number of hydrogen-bond donors (Lipinski definition) is 1. The fraction of sp³-hybridized carbons (Fsp3) is 0.538. The molecule has 2 heterocycles. The molecule has 0 radical (unpaired) electrons. The summed E-state index contributed by atoms with van der Waals surface area (Å²) < 4.78 is 0. The Morgan fingerprint density at radius 1 is 1.44 bits per heavy atom. The van der Waals surface area contributed by atoms with E-state index in [1.807, 2.05) is 0 Å². The van der Waals surface area contributed by atoms with E-state index < -0.39 is 0 Å². The van der Waals surface area contributed by atoms with E-state index in [0.29, 0.717) is 12.5 Å². The average molecular weight is 264 g/mol. The summed E-state index contributed by atoms with van der Waals surface area (Å²) in [6.45, 7) is 5.93. The second-order valence-electron chi connectivity index (χ2n) is 4.70. The zero-order chi connectivity index (χ0) is 13.1. The van der Waals surface area contributed by atoms with Crippen molar-refractivity contribution in [2.75, 3.05) is 25.0 Å². The van der Waals surface area contributed by atoms with Gasteiger partial charge in [-0.2, -0.15) is 0 Å². The molecule has 5 heteroatoms. The zero-order valence-electron chi connectivity index (χ0n) is 11.2. The molecule has 0 amide bonds. The summed E-state index contributed by atoms with van der Waals surface area (Å²) in [5, 5.41) is 1.16. The number of nitrogens with zero attached hydrogens (tertiary/aromatic N) is 3. The lowest BCUT2D eigenvalue weighted by Gasteiger charge is -2.21. The molecule has 0 aliphatic rings. The van der Waals surface area contributed by atoms with Crippen molar-refractivity contribution in [1.82, 2.24) is 9.97 Å². The molecular weight excluding hydrogens is 244 g/mol. The first-order valence-electron chi connectivity index (χ1n) is 6.30. The first-order chi connectivity index (χ1) is 8.65. The normalized spacial score (nSPS) is 12.9. The molecule has 0 aromatic carbocycles. The molecule has 0 bridgehead atoms. The summed E-state index contributed by atoms with van der Waals surface area (Å²) in [7, 11) is 2.07. The number of anilines is 1. The fourth-order valence-corrected chi connectivity index (χ4v) is 2.93. The Morgan fingerprint density at radius 3 is 2.89 bits per heavy atom. The average Bonchev–Trinajstić information content (AvgIpc) is 2.80. The van der Waals surface area contributed by atoms with Crippen molar-refractivity contribution in [3.63, 3.8) is 0 Å². The summed E-state index contributed by atoms with van der Waals surface area (Å²) in [5.41, 5.74) is 5.68. The van der Waals surface area contributed by atoms with Crippen LogP contribution in [0.2, 0.25) is 0 Å².